The summed E-state index contributed by atoms with van der Waals surface area (Å²) in [5, 5.41) is 9.78. The largest absolute Gasteiger partial charge is 0.493 e. The van der Waals surface area contributed by atoms with E-state index in [9.17, 15) is 24.3 Å². The predicted octanol–water partition coefficient (Wildman–Crippen LogP) is 3.00. The van der Waals surface area contributed by atoms with Crippen molar-refractivity contribution < 1.29 is 38.5 Å². The van der Waals surface area contributed by atoms with Gasteiger partial charge in [-0.3, -0.25) is 4.90 Å². The van der Waals surface area contributed by atoms with E-state index in [4.69, 9.17) is 14.2 Å². The quantitative estimate of drug-likeness (QED) is 0.500. The van der Waals surface area contributed by atoms with Crippen LogP contribution in [0.5, 0.6) is 0 Å². The Balaban J connectivity index is 2.82. The highest BCUT2D eigenvalue weighted by molar-refractivity contribution is 6.02. The Morgan fingerprint density at radius 1 is 1.12 bits per heavy atom. The van der Waals surface area contributed by atoms with E-state index in [1.54, 1.807) is 51.9 Å². The van der Waals surface area contributed by atoms with Crippen LogP contribution in [0.3, 0.4) is 0 Å². The lowest BCUT2D eigenvalue weighted by Gasteiger charge is -2.34. The molecule has 0 radical (unpaired) electrons. The average Bonchev–Trinajstić information content (AvgIpc) is 2.91. The summed E-state index contributed by atoms with van der Waals surface area (Å²) in [4.78, 5) is 51.7. The van der Waals surface area contributed by atoms with Crippen LogP contribution in [0.15, 0.2) is 64.1 Å². The van der Waals surface area contributed by atoms with Crippen LogP contribution in [-0.4, -0.2) is 58.7 Å². The molecule has 176 valence electrons. The Hall–Kier alpha value is -4.04. The van der Waals surface area contributed by atoms with Crippen molar-refractivity contribution in [2.75, 3.05) is 14.2 Å². The van der Waals surface area contributed by atoms with Gasteiger partial charge in [0.15, 0.2) is 11.5 Å². The van der Waals surface area contributed by atoms with Gasteiger partial charge in [0, 0.05) is 17.6 Å². The number of nitrogens with zero attached hydrogens (tertiary/aromatic N) is 2. The van der Waals surface area contributed by atoms with Crippen molar-refractivity contribution in [2.24, 2.45) is 0 Å². The molecule has 2 aliphatic rings. The molecule has 0 aliphatic carbocycles. The molecule has 2 rings (SSSR count). The first-order valence-electron chi connectivity index (χ1n) is 9.83. The van der Waals surface area contributed by atoms with E-state index in [1.807, 2.05) is 0 Å². The average molecular weight is 458 g/mol. The van der Waals surface area contributed by atoms with Gasteiger partial charge in [-0.15, -0.1) is 0 Å². The number of hydrogen-bond donors (Lipinski definition) is 1. The maximum absolute atomic E-state index is 12.8. The van der Waals surface area contributed by atoms with Crippen LogP contribution in [0.25, 0.3) is 0 Å². The second-order valence-electron chi connectivity index (χ2n) is 8.02. The summed E-state index contributed by atoms with van der Waals surface area (Å²) >= 11 is 0. The molecule has 0 unspecified atom stereocenters. The molecular formula is C23H26N2O8. The highest BCUT2D eigenvalue weighted by atomic mass is 16.6. The van der Waals surface area contributed by atoms with E-state index >= 15 is 0 Å². The van der Waals surface area contributed by atoms with Crippen molar-refractivity contribution in [3.63, 3.8) is 0 Å². The maximum atomic E-state index is 12.8. The van der Waals surface area contributed by atoms with Gasteiger partial charge in [-0.05, 0) is 46.8 Å². The number of amides is 1. The molecule has 0 bridgehead atoms. The van der Waals surface area contributed by atoms with Gasteiger partial charge in [0.05, 0.1) is 19.9 Å². The number of allylic oxidation sites excluding steroid dienone is 6. The van der Waals surface area contributed by atoms with Crippen LogP contribution in [0.2, 0.25) is 0 Å². The first-order chi connectivity index (χ1) is 15.4. The van der Waals surface area contributed by atoms with Crippen molar-refractivity contribution in [1.29, 1.82) is 0 Å². The number of aliphatic carboxylic acids is 1. The minimum absolute atomic E-state index is 0.0154. The minimum atomic E-state index is -1.43. The molecule has 2 heterocycles. The fourth-order valence-corrected chi connectivity index (χ4v) is 3.24. The molecule has 1 amide bonds. The molecule has 0 aromatic heterocycles. The first kappa shape index (κ1) is 25.2. The van der Waals surface area contributed by atoms with Crippen LogP contribution >= 0.6 is 0 Å². The van der Waals surface area contributed by atoms with E-state index in [0.29, 0.717) is 5.70 Å². The van der Waals surface area contributed by atoms with Gasteiger partial charge >= 0.3 is 18.0 Å². The van der Waals surface area contributed by atoms with Gasteiger partial charge in [0.1, 0.15) is 22.7 Å². The minimum Gasteiger partial charge on any atom is -0.493 e. The molecule has 2 aliphatic heterocycles. The number of carboxylic acids is 1. The lowest BCUT2D eigenvalue weighted by atomic mass is 9.96. The SMILES string of the molecule is COC(=O)C1=C(OC)C(=C=O)C(C(=O)O)=C(C)N1C1=CN(C(=O)OC(C)(C)C)C(C)=CC=C1. The number of methoxy groups -OCH3 is 2. The second kappa shape index (κ2) is 9.62. The zero-order valence-corrected chi connectivity index (χ0v) is 19.5. The van der Waals surface area contributed by atoms with Gasteiger partial charge in [0.2, 0.25) is 0 Å². The number of ether oxygens (including phenoxy) is 3. The van der Waals surface area contributed by atoms with E-state index in [1.165, 1.54) is 30.0 Å². The lowest BCUT2D eigenvalue weighted by molar-refractivity contribution is -0.138. The molecule has 0 aromatic carbocycles. The second-order valence-corrected chi connectivity index (χ2v) is 8.02. The zero-order chi connectivity index (χ0) is 25.1. The van der Waals surface area contributed by atoms with Crippen LogP contribution in [0, 0.1) is 0 Å². The van der Waals surface area contributed by atoms with Crippen molar-refractivity contribution in [2.45, 2.75) is 40.2 Å². The number of esters is 1. The maximum Gasteiger partial charge on any atom is 0.418 e. The highest BCUT2D eigenvalue weighted by Crippen LogP contribution is 2.38. The number of rotatable bonds is 4. The van der Waals surface area contributed by atoms with E-state index in [-0.39, 0.29) is 22.9 Å². The lowest BCUT2D eigenvalue weighted by Crippen LogP contribution is -2.36. The summed E-state index contributed by atoms with van der Waals surface area (Å²) in [7, 11) is 2.32. The van der Waals surface area contributed by atoms with Gasteiger partial charge in [-0.1, -0.05) is 6.08 Å². The standard InChI is InChI=1S/C23H26N2O8/c1-13-9-8-10-15(11-24(13)22(30)33-23(3,4)5)25-14(2)17(20(27)28)16(12-26)19(31-6)18(25)21(29)32-7/h8-11H,1-7H3,(H,27,28). The molecule has 33 heavy (non-hydrogen) atoms. The summed E-state index contributed by atoms with van der Waals surface area (Å²) in [5.41, 5.74) is -1.13. The molecule has 0 saturated heterocycles. The monoisotopic (exact) mass is 458 g/mol. The summed E-state index contributed by atoms with van der Waals surface area (Å²) in [6, 6.07) is 0. The Morgan fingerprint density at radius 3 is 2.24 bits per heavy atom. The molecule has 0 atom stereocenters. The number of carboxylic acid groups (broad SMARTS) is 1. The van der Waals surface area contributed by atoms with Crippen molar-refractivity contribution in [3.8, 4) is 0 Å². The molecule has 10 heteroatoms. The molecular weight excluding hydrogens is 432 g/mol. The third kappa shape index (κ3) is 5.07. The topological polar surface area (TPSA) is 123 Å². The summed E-state index contributed by atoms with van der Waals surface area (Å²) in [6.07, 6.45) is 5.52. The van der Waals surface area contributed by atoms with Gasteiger partial charge in [0.25, 0.3) is 0 Å². The van der Waals surface area contributed by atoms with Gasteiger partial charge < -0.3 is 24.2 Å². The van der Waals surface area contributed by atoms with Crippen molar-refractivity contribution in [3.05, 3.63) is 64.1 Å². The fourth-order valence-electron chi connectivity index (χ4n) is 3.24. The highest BCUT2D eigenvalue weighted by Gasteiger charge is 2.40. The van der Waals surface area contributed by atoms with E-state index in [0.717, 1.165) is 7.11 Å². The third-order valence-electron chi connectivity index (χ3n) is 4.61. The van der Waals surface area contributed by atoms with Crippen molar-refractivity contribution >= 4 is 24.0 Å². The smallest absolute Gasteiger partial charge is 0.418 e. The Labute approximate surface area is 191 Å². The normalized spacial score (nSPS) is 16.6. The summed E-state index contributed by atoms with van der Waals surface area (Å²) in [5.74, 6) is -1.10. The Kier molecular flexibility index (Phi) is 7.35. The Bertz CT molecular complexity index is 1090. The molecule has 1 N–H and O–H groups in total. The third-order valence-corrected chi connectivity index (χ3v) is 4.61. The zero-order valence-electron chi connectivity index (χ0n) is 19.5. The molecule has 0 fully saturated rings. The van der Waals surface area contributed by atoms with Crippen LogP contribution < -0.4 is 0 Å². The molecule has 0 saturated carbocycles. The molecule has 10 nitrogen and oxygen atoms in total. The van der Waals surface area contributed by atoms with E-state index in [2.05, 4.69) is 0 Å². The van der Waals surface area contributed by atoms with Crippen LogP contribution in [0.1, 0.15) is 34.6 Å². The predicted molar refractivity (Wildman–Crippen MR) is 116 cm³/mol. The summed E-state index contributed by atoms with van der Waals surface area (Å²) < 4.78 is 15.6. The van der Waals surface area contributed by atoms with E-state index < -0.39 is 34.8 Å². The number of hydrogen-bond acceptors (Lipinski definition) is 8. The molecule has 0 spiro atoms. The van der Waals surface area contributed by atoms with Gasteiger partial charge in [-0.2, -0.15) is 0 Å². The van der Waals surface area contributed by atoms with Gasteiger partial charge in [-0.25, -0.2) is 19.2 Å². The number of carbonyl (C=O) groups is 3. The first-order valence-corrected chi connectivity index (χ1v) is 9.83. The number of carbonyl (C=O) groups excluding carboxylic acids is 3. The van der Waals surface area contributed by atoms with Crippen LogP contribution in [0.4, 0.5) is 4.79 Å². The van der Waals surface area contributed by atoms with Crippen molar-refractivity contribution in [1.82, 2.24) is 9.80 Å². The Morgan fingerprint density at radius 2 is 1.76 bits per heavy atom. The summed E-state index contributed by atoms with van der Waals surface area (Å²) in [6.45, 7) is 8.25. The van der Waals surface area contributed by atoms with Crippen LogP contribution in [-0.2, 0) is 28.6 Å². The fraction of sp³-hybridized carbons (Fsp3) is 0.348. The molecule has 0 aromatic rings.